The molecule has 2 saturated carbocycles. The molecular formula is C40H49F3N8O4. The summed E-state index contributed by atoms with van der Waals surface area (Å²) >= 11 is 0. The van der Waals surface area contributed by atoms with E-state index in [9.17, 15) is 22.8 Å². The van der Waals surface area contributed by atoms with Gasteiger partial charge in [-0.05, 0) is 92.0 Å². The van der Waals surface area contributed by atoms with Crippen LogP contribution in [0.25, 0.3) is 0 Å². The van der Waals surface area contributed by atoms with Crippen LogP contribution >= 0.6 is 0 Å². The molecule has 3 aliphatic heterocycles. The normalized spacial score (nSPS) is 27.7. The van der Waals surface area contributed by atoms with Crippen LogP contribution in [0.1, 0.15) is 86.8 Å². The number of anilines is 3. The van der Waals surface area contributed by atoms with Crippen LogP contribution in [0, 0.1) is 23.7 Å². The van der Waals surface area contributed by atoms with Gasteiger partial charge in [0.15, 0.2) is 5.69 Å². The van der Waals surface area contributed by atoms with Gasteiger partial charge in [0.05, 0.1) is 5.56 Å². The zero-order valence-corrected chi connectivity index (χ0v) is 31.6. The number of rotatable bonds is 7. The molecule has 5 atom stereocenters. The third-order valence-electron chi connectivity index (χ3n) is 12.9. The average molecular weight is 763 g/mol. The molecule has 5 heterocycles. The number of piperidine rings is 1. The van der Waals surface area contributed by atoms with E-state index < -0.39 is 34.3 Å². The van der Waals surface area contributed by atoms with Crippen molar-refractivity contribution in [3.63, 3.8) is 0 Å². The Morgan fingerprint density at radius 3 is 2.44 bits per heavy atom. The smallest absolute Gasteiger partial charge is 0.434 e. The van der Waals surface area contributed by atoms with Gasteiger partial charge in [-0.2, -0.15) is 13.2 Å². The van der Waals surface area contributed by atoms with Crippen molar-refractivity contribution < 1.29 is 32.2 Å². The third-order valence-corrected chi connectivity index (χ3v) is 12.9. The number of hydrogen-bond acceptors (Lipinski definition) is 10. The molecule has 1 spiro atoms. The van der Waals surface area contributed by atoms with E-state index in [2.05, 4.69) is 42.4 Å². The second-order valence-corrected chi connectivity index (χ2v) is 16.4. The number of hydrogen-bond donors (Lipinski definition) is 2. The second kappa shape index (κ2) is 14.5. The number of nitrogens with zero attached hydrogens (tertiary/aromatic N) is 6. The summed E-state index contributed by atoms with van der Waals surface area (Å²) in [6, 6.07) is 7.53. The van der Waals surface area contributed by atoms with Gasteiger partial charge in [0.25, 0.3) is 5.91 Å². The van der Waals surface area contributed by atoms with Crippen LogP contribution in [0.3, 0.4) is 0 Å². The molecule has 55 heavy (non-hydrogen) atoms. The molecule has 4 fully saturated rings. The van der Waals surface area contributed by atoms with E-state index in [0.717, 1.165) is 50.5 Å². The molecule has 12 nitrogen and oxygen atoms in total. The van der Waals surface area contributed by atoms with Crippen molar-refractivity contribution in [2.24, 2.45) is 23.7 Å². The monoisotopic (exact) mass is 762 g/mol. The van der Waals surface area contributed by atoms with Crippen LogP contribution in [-0.4, -0.2) is 83.3 Å². The first-order chi connectivity index (χ1) is 26.4. The van der Waals surface area contributed by atoms with Crippen LogP contribution in [0.15, 0.2) is 42.9 Å². The lowest BCUT2D eigenvalue weighted by molar-refractivity contribution is -0.141. The minimum atomic E-state index is -4.97. The van der Waals surface area contributed by atoms with Crippen molar-refractivity contribution >= 4 is 29.4 Å². The number of carbonyl (C=O) groups excluding carboxylic acids is 2. The molecule has 2 N–H and O–H groups in total. The molecule has 2 aromatic heterocycles. The van der Waals surface area contributed by atoms with Crippen molar-refractivity contribution in [2.75, 3.05) is 49.7 Å². The number of aromatic nitrogens is 4. The number of halogens is 3. The fraction of sp³-hybridized carbons (Fsp3) is 0.600. The first kappa shape index (κ1) is 37.4. The molecule has 5 unspecified atom stereocenters. The Morgan fingerprint density at radius 1 is 0.982 bits per heavy atom. The first-order valence-corrected chi connectivity index (χ1v) is 19.6. The van der Waals surface area contributed by atoms with E-state index in [-0.39, 0.29) is 29.8 Å². The molecule has 8 rings (SSSR count). The number of nitrogens with one attached hydrogen (secondary N) is 2. The van der Waals surface area contributed by atoms with E-state index >= 15 is 0 Å². The van der Waals surface area contributed by atoms with Crippen LogP contribution in [-0.2, 0) is 21.1 Å². The van der Waals surface area contributed by atoms with Crippen molar-refractivity contribution in [1.29, 1.82) is 0 Å². The minimum Gasteiger partial charge on any atom is -0.490 e. The fourth-order valence-electron chi connectivity index (χ4n) is 10.3. The summed E-state index contributed by atoms with van der Waals surface area (Å²) in [5.41, 5.74) is -2.14. The molecule has 2 aliphatic carbocycles. The Bertz CT molecular complexity index is 1900. The maximum Gasteiger partial charge on any atom is 0.434 e. The Kier molecular flexibility index (Phi) is 9.87. The molecule has 1 aromatic carbocycles. The van der Waals surface area contributed by atoms with Gasteiger partial charge in [0.1, 0.15) is 17.4 Å². The summed E-state index contributed by atoms with van der Waals surface area (Å²) in [5, 5.41) is 5.56. The van der Waals surface area contributed by atoms with Crippen molar-refractivity contribution in [1.82, 2.24) is 30.6 Å². The average Bonchev–Trinajstić information content (AvgIpc) is 3.48. The quantitative estimate of drug-likeness (QED) is 0.303. The van der Waals surface area contributed by atoms with Crippen LogP contribution in [0.5, 0.6) is 5.75 Å². The highest BCUT2D eigenvalue weighted by Gasteiger charge is 2.56. The summed E-state index contributed by atoms with van der Waals surface area (Å²) in [4.78, 5) is 48.8. The lowest BCUT2D eigenvalue weighted by atomic mass is 9.56. The van der Waals surface area contributed by atoms with E-state index in [1.54, 1.807) is 23.4 Å². The van der Waals surface area contributed by atoms with Crippen LogP contribution < -0.4 is 25.2 Å². The topological polar surface area (TPSA) is 135 Å². The summed E-state index contributed by atoms with van der Waals surface area (Å²) in [7, 11) is 1.50. The molecule has 15 heteroatoms. The van der Waals surface area contributed by atoms with Gasteiger partial charge in [-0.25, -0.2) is 19.9 Å². The van der Waals surface area contributed by atoms with E-state index in [4.69, 9.17) is 9.47 Å². The maximum absolute atomic E-state index is 14.9. The highest BCUT2D eigenvalue weighted by atomic mass is 19.4. The Morgan fingerprint density at radius 2 is 1.73 bits per heavy atom. The van der Waals surface area contributed by atoms with Gasteiger partial charge in [-0.15, -0.1) is 0 Å². The Balaban J connectivity index is 1.07. The zero-order valence-electron chi connectivity index (χ0n) is 31.6. The first-order valence-electron chi connectivity index (χ1n) is 19.6. The molecule has 2 amide bonds. The summed E-state index contributed by atoms with van der Waals surface area (Å²) in [6.45, 7) is 6.93. The number of ether oxygens (including phenoxy) is 2. The summed E-state index contributed by atoms with van der Waals surface area (Å²) in [5.74, 6) is 0.137. The van der Waals surface area contributed by atoms with Gasteiger partial charge in [0.2, 0.25) is 17.8 Å². The number of carbonyl (C=O) groups is 2. The largest absolute Gasteiger partial charge is 0.490 e. The zero-order chi connectivity index (χ0) is 38.5. The predicted octanol–water partition coefficient (Wildman–Crippen LogP) is 5.84. The van der Waals surface area contributed by atoms with Gasteiger partial charge in [-0.3, -0.25) is 9.59 Å². The predicted molar refractivity (Wildman–Crippen MR) is 198 cm³/mol. The second-order valence-electron chi connectivity index (χ2n) is 16.4. The van der Waals surface area contributed by atoms with Gasteiger partial charge in [-0.1, -0.05) is 13.8 Å². The summed E-state index contributed by atoms with van der Waals surface area (Å²) < 4.78 is 57.0. The Labute approximate surface area is 319 Å². The number of alkyl halides is 3. The Hall–Kier alpha value is -4.53. The number of fused-ring (bicyclic) bond motifs is 4. The maximum atomic E-state index is 14.9. The standard InChI is InChI=1S/C40H49F3N8O4/c1-24-17-26-19-25(2)39(35(53)44-3,27(18-24)20-26)49-34(52)30-22-47-37(48-33(30)40(41,42)43)51-23-38(9-15-54-16-10-38)31-21-29(5-6-32(31)51)55-28-7-13-50(14-8-28)36-45-11-4-12-46-36/h4-6,11-12,21-22,24-28H,7-10,13-20,23H2,1-3H3,(H,44,53)(H,49,52). The van der Waals surface area contributed by atoms with Crippen molar-refractivity contribution in [3.05, 3.63) is 59.7 Å². The van der Waals surface area contributed by atoms with Crippen molar-refractivity contribution in [3.8, 4) is 5.75 Å². The molecule has 0 radical (unpaired) electrons. The molecule has 3 aromatic rings. The van der Waals surface area contributed by atoms with E-state index in [0.29, 0.717) is 74.7 Å². The molecule has 5 aliphatic rings. The SMILES string of the molecule is CNC(=O)C1(NC(=O)c2cnc(N3CC4(CCOCC4)c4cc(OC5CCN(c6ncccn6)CC5)ccc43)nc2C(F)(F)F)C(C)CC2CC(C)CC1C2. The highest BCUT2D eigenvalue weighted by Crippen LogP contribution is 2.52. The molecular weight excluding hydrogens is 713 g/mol. The molecule has 2 saturated heterocycles. The van der Waals surface area contributed by atoms with Crippen LogP contribution in [0.2, 0.25) is 0 Å². The number of likely N-dealkylation sites (N-methyl/N-ethyl adjacent to an activating group) is 1. The van der Waals surface area contributed by atoms with Crippen LogP contribution in [0.4, 0.5) is 30.8 Å². The van der Waals surface area contributed by atoms with Gasteiger partial charge < -0.3 is 29.9 Å². The molecule has 294 valence electrons. The lowest BCUT2D eigenvalue weighted by Crippen LogP contribution is -2.69. The van der Waals surface area contributed by atoms with Gasteiger partial charge >= 0.3 is 6.18 Å². The third kappa shape index (κ3) is 6.86. The molecule has 2 bridgehead atoms. The summed E-state index contributed by atoms with van der Waals surface area (Å²) in [6.07, 6.45) is 5.55. The van der Waals surface area contributed by atoms with E-state index in [1.807, 2.05) is 25.1 Å². The highest BCUT2D eigenvalue weighted by molar-refractivity contribution is 6.00. The van der Waals surface area contributed by atoms with Gasteiger partial charge in [0, 0.05) is 82.4 Å². The van der Waals surface area contributed by atoms with E-state index in [1.165, 1.54) is 7.05 Å². The fourth-order valence-corrected chi connectivity index (χ4v) is 10.3. The number of amides is 2. The number of benzene rings is 1. The van der Waals surface area contributed by atoms with Crippen molar-refractivity contribution in [2.45, 2.75) is 88.4 Å². The lowest BCUT2D eigenvalue weighted by Gasteiger charge is -2.53. The minimum absolute atomic E-state index is 0.0143.